The molecule has 1 aliphatic carbocycles. The molecule has 0 aromatic carbocycles. The summed E-state index contributed by atoms with van der Waals surface area (Å²) in [6.07, 6.45) is 7.69. The summed E-state index contributed by atoms with van der Waals surface area (Å²) in [6, 6.07) is 9.12. The van der Waals surface area contributed by atoms with Crippen molar-refractivity contribution in [2.75, 3.05) is 26.2 Å². The largest absolute Gasteiger partial charge is 0.461 e. The van der Waals surface area contributed by atoms with Gasteiger partial charge in [0.25, 0.3) is 5.56 Å². The van der Waals surface area contributed by atoms with Crippen LogP contribution >= 0.6 is 0 Å². The molecule has 166 valence electrons. The lowest BCUT2D eigenvalue weighted by Gasteiger charge is -2.19. The first-order chi connectivity index (χ1) is 15.6. The number of aromatic nitrogens is 3. The van der Waals surface area contributed by atoms with Crippen LogP contribution in [0.3, 0.4) is 0 Å². The predicted octanol–water partition coefficient (Wildman–Crippen LogP) is 3.47. The molecule has 0 saturated carbocycles. The molecular formula is C25H28N4O3. The van der Waals surface area contributed by atoms with Crippen LogP contribution in [-0.4, -0.2) is 51.5 Å². The van der Waals surface area contributed by atoms with Crippen molar-refractivity contribution >= 4 is 23.3 Å². The van der Waals surface area contributed by atoms with E-state index in [1.54, 1.807) is 24.5 Å². The van der Waals surface area contributed by atoms with Crippen LogP contribution in [0.5, 0.6) is 0 Å². The molecule has 0 aliphatic heterocycles. The smallest absolute Gasteiger partial charge is 0.339 e. The van der Waals surface area contributed by atoms with E-state index in [1.807, 2.05) is 24.3 Å². The summed E-state index contributed by atoms with van der Waals surface area (Å²) < 4.78 is 6.88. The molecule has 0 N–H and O–H groups in total. The average Bonchev–Trinajstić information content (AvgIpc) is 2.83. The second kappa shape index (κ2) is 9.87. The van der Waals surface area contributed by atoms with E-state index in [0.29, 0.717) is 36.3 Å². The predicted molar refractivity (Wildman–Crippen MR) is 125 cm³/mol. The molecule has 0 radical (unpaired) electrons. The molecule has 7 heteroatoms. The fourth-order valence-corrected chi connectivity index (χ4v) is 4.03. The Kier molecular flexibility index (Phi) is 6.75. The minimum atomic E-state index is -0.431. The molecule has 0 amide bonds. The molecule has 0 fully saturated rings. The first-order valence-corrected chi connectivity index (χ1v) is 11.2. The molecule has 4 rings (SSSR count). The minimum Gasteiger partial charge on any atom is -0.461 e. The van der Waals surface area contributed by atoms with Gasteiger partial charge in [-0.3, -0.25) is 14.2 Å². The third-order valence-electron chi connectivity index (χ3n) is 5.87. The Bertz CT molecular complexity index is 1200. The van der Waals surface area contributed by atoms with E-state index >= 15 is 0 Å². The topological polar surface area (TPSA) is 76.8 Å². The van der Waals surface area contributed by atoms with Crippen LogP contribution in [0.25, 0.3) is 17.3 Å². The fourth-order valence-electron chi connectivity index (χ4n) is 4.03. The lowest BCUT2D eigenvalue weighted by Crippen LogP contribution is -2.28. The Morgan fingerprint density at radius 2 is 2.03 bits per heavy atom. The molecule has 0 unspecified atom stereocenters. The molecule has 0 atom stereocenters. The maximum Gasteiger partial charge on any atom is 0.339 e. The van der Waals surface area contributed by atoms with Crippen molar-refractivity contribution in [1.29, 1.82) is 0 Å². The van der Waals surface area contributed by atoms with Crippen molar-refractivity contribution in [2.24, 2.45) is 0 Å². The van der Waals surface area contributed by atoms with Gasteiger partial charge in [-0.05, 0) is 68.3 Å². The standard InChI is InChI=1S/C25H28N4O3/c1-3-28(4-2)14-15-32-25(31)19-11-12-22-27-23-18(16-20-9-5-6-13-26-20)8-7-10-21(23)24(30)29(22)17-19/h5-6,9,11-13,16-17H,3-4,7-8,10,14-15H2,1-2H3. The average molecular weight is 433 g/mol. The molecule has 32 heavy (non-hydrogen) atoms. The summed E-state index contributed by atoms with van der Waals surface area (Å²) in [5.74, 6) is -0.431. The molecule has 3 heterocycles. The molecule has 0 bridgehead atoms. The van der Waals surface area contributed by atoms with Gasteiger partial charge in [0.05, 0.1) is 17.0 Å². The second-order valence-electron chi connectivity index (χ2n) is 7.83. The number of hydrogen-bond acceptors (Lipinski definition) is 6. The number of rotatable bonds is 7. The van der Waals surface area contributed by atoms with Crippen molar-refractivity contribution in [1.82, 2.24) is 19.3 Å². The van der Waals surface area contributed by atoms with E-state index in [-0.39, 0.29) is 5.56 Å². The van der Waals surface area contributed by atoms with E-state index < -0.39 is 5.97 Å². The third kappa shape index (κ3) is 4.62. The molecule has 3 aromatic heterocycles. The van der Waals surface area contributed by atoms with Crippen LogP contribution in [0.2, 0.25) is 0 Å². The number of hydrogen-bond donors (Lipinski definition) is 0. The fraction of sp³-hybridized carbons (Fsp3) is 0.360. The van der Waals surface area contributed by atoms with E-state index in [0.717, 1.165) is 42.9 Å². The number of ether oxygens (including phenoxy) is 1. The summed E-state index contributed by atoms with van der Waals surface area (Å²) in [5, 5.41) is 0. The Labute approximate surface area is 187 Å². The summed E-state index contributed by atoms with van der Waals surface area (Å²) in [7, 11) is 0. The number of likely N-dealkylation sites (N-methyl/N-ethyl adjacent to an activating group) is 1. The monoisotopic (exact) mass is 432 g/mol. The molecule has 1 aliphatic rings. The molecule has 7 nitrogen and oxygen atoms in total. The van der Waals surface area contributed by atoms with Gasteiger partial charge < -0.3 is 9.64 Å². The van der Waals surface area contributed by atoms with Crippen LogP contribution in [-0.2, 0) is 11.2 Å². The highest BCUT2D eigenvalue weighted by Gasteiger charge is 2.21. The molecule has 0 saturated heterocycles. The zero-order valence-electron chi connectivity index (χ0n) is 18.6. The van der Waals surface area contributed by atoms with Gasteiger partial charge in [-0.2, -0.15) is 0 Å². The second-order valence-corrected chi connectivity index (χ2v) is 7.83. The van der Waals surface area contributed by atoms with Crippen LogP contribution in [0.4, 0.5) is 0 Å². The van der Waals surface area contributed by atoms with E-state index in [4.69, 9.17) is 9.72 Å². The van der Waals surface area contributed by atoms with Gasteiger partial charge in [0, 0.05) is 24.5 Å². The van der Waals surface area contributed by atoms with Gasteiger partial charge in [-0.25, -0.2) is 9.78 Å². The number of fused-ring (bicyclic) bond motifs is 2. The number of allylic oxidation sites excluding steroid dienone is 1. The Morgan fingerprint density at radius 1 is 1.19 bits per heavy atom. The highest BCUT2D eigenvalue weighted by molar-refractivity contribution is 5.89. The maximum absolute atomic E-state index is 13.2. The minimum absolute atomic E-state index is 0.130. The van der Waals surface area contributed by atoms with Crippen LogP contribution in [0.1, 0.15) is 54.0 Å². The first kappa shape index (κ1) is 21.9. The van der Waals surface area contributed by atoms with Crippen LogP contribution in [0, 0.1) is 0 Å². The summed E-state index contributed by atoms with van der Waals surface area (Å²) >= 11 is 0. The van der Waals surface area contributed by atoms with Gasteiger partial charge in [0.15, 0.2) is 0 Å². The lowest BCUT2D eigenvalue weighted by atomic mass is 9.91. The van der Waals surface area contributed by atoms with Crippen LogP contribution in [0.15, 0.2) is 47.5 Å². The zero-order valence-corrected chi connectivity index (χ0v) is 18.6. The summed E-state index contributed by atoms with van der Waals surface area (Å²) in [5.41, 5.74) is 4.02. The van der Waals surface area contributed by atoms with Crippen molar-refractivity contribution in [3.05, 3.63) is 75.6 Å². The molecular weight excluding hydrogens is 404 g/mol. The van der Waals surface area contributed by atoms with Gasteiger partial charge in [0.1, 0.15) is 12.3 Å². The number of esters is 1. The van der Waals surface area contributed by atoms with E-state index in [1.165, 1.54) is 4.40 Å². The van der Waals surface area contributed by atoms with Crippen LogP contribution < -0.4 is 5.56 Å². The third-order valence-corrected chi connectivity index (χ3v) is 5.87. The first-order valence-electron chi connectivity index (χ1n) is 11.2. The highest BCUT2D eigenvalue weighted by Crippen LogP contribution is 2.29. The Hall–Kier alpha value is -3.32. The van der Waals surface area contributed by atoms with Crippen molar-refractivity contribution in [2.45, 2.75) is 33.1 Å². The summed E-state index contributed by atoms with van der Waals surface area (Å²) in [6.45, 7) is 6.97. The lowest BCUT2D eigenvalue weighted by molar-refractivity contribution is 0.0466. The van der Waals surface area contributed by atoms with Gasteiger partial charge in [-0.1, -0.05) is 19.9 Å². The highest BCUT2D eigenvalue weighted by atomic mass is 16.5. The molecule has 3 aromatic rings. The number of carbonyl (C=O) groups is 1. The Morgan fingerprint density at radius 3 is 2.78 bits per heavy atom. The quantitative estimate of drug-likeness (QED) is 0.532. The van der Waals surface area contributed by atoms with Crippen molar-refractivity contribution < 1.29 is 9.53 Å². The Balaban J connectivity index is 1.63. The van der Waals surface area contributed by atoms with Gasteiger partial charge >= 0.3 is 5.97 Å². The van der Waals surface area contributed by atoms with Gasteiger partial charge in [-0.15, -0.1) is 0 Å². The van der Waals surface area contributed by atoms with Crippen molar-refractivity contribution in [3.63, 3.8) is 0 Å². The summed E-state index contributed by atoms with van der Waals surface area (Å²) in [4.78, 5) is 37.1. The molecule has 0 spiro atoms. The number of pyridine rings is 2. The SMILES string of the molecule is CCN(CC)CCOC(=O)c1ccc2nc3c(c(=O)n2c1)CCCC3=Cc1ccccn1. The normalized spacial score (nSPS) is 14.7. The zero-order chi connectivity index (χ0) is 22.5. The van der Waals surface area contributed by atoms with Gasteiger partial charge in [0.2, 0.25) is 0 Å². The van der Waals surface area contributed by atoms with Crippen molar-refractivity contribution in [3.8, 4) is 0 Å². The maximum atomic E-state index is 13.2. The van der Waals surface area contributed by atoms with E-state index in [9.17, 15) is 9.59 Å². The number of nitrogens with zero attached hydrogens (tertiary/aromatic N) is 4. The number of carbonyl (C=O) groups excluding carboxylic acids is 1. The van der Waals surface area contributed by atoms with E-state index in [2.05, 4.69) is 23.7 Å².